The molecular weight excluding hydrogens is 291 g/mol. The van der Waals surface area contributed by atoms with E-state index >= 15 is 0 Å². The van der Waals surface area contributed by atoms with Gasteiger partial charge >= 0.3 is 0 Å². The van der Waals surface area contributed by atoms with Crippen molar-refractivity contribution in [1.82, 2.24) is 10.2 Å². The largest absolute Gasteiger partial charge is 0.314 e. The highest BCUT2D eigenvalue weighted by molar-refractivity contribution is 5.85. The highest BCUT2D eigenvalue weighted by Gasteiger charge is 2.19. The number of nitrogens with one attached hydrogen (secondary N) is 1. The van der Waals surface area contributed by atoms with Gasteiger partial charge in [0.2, 0.25) is 0 Å². The minimum atomic E-state index is 0. The van der Waals surface area contributed by atoms with Gasteiger partial charge in [-0.15, -0.1) is 31.4 Å². The lowest BCUT2D eigenvalue weighted by Gasteiger charge is -2.33. The first-order chi connectivity index (χ1) is 8.72. The molecule has 0 radical (unpaired) electrons. The van der Waals surface area contributed by atoms with E-state index in [0.717, 1.165) is 26.2 Å². The zero-order chi connectivity index (χ0) is 13.0. The SMILES string of the molecule is C=C[C@H](c1ccc(C(C)C)cc1)N1CCNCC1.Cl.Cl. The highest BCUT2D eigenvalue weighted by atomic mass is 35.5. The Morgan fingerprint density at radius 2 is 1.55 bits per heavy atom. The number of piperazine rings is 1. The normalized spacial score (nSPS) is 16.9. The summed E-state index contributed by atoms with van der Waals surface area (Å²) in [7, 11) is 0. The Bertz CT molecular complexity index is 384. The summed E-state index contributed by atoms with van der Waals surface area (Å²) < 4.78 is 0. The lowest BCUT2D eigenvalue weighted by molar-refractivity contribution is 0.203. The van der Waals surface area contributed by atoms with Gasteiger partial charge in [-0.1, -0.05) is 44.2 Å². The summed E-state index contributed by atoms with van der Waals surface area (Å²) in [4.78, 5) is 2.49. The van der Waals surface area contributed by atoms with Gasteiger partial charge in [-0.05, 0) is 17.0 Å². The first-order valence-electron chi connectivity index (χ1n) is 6.89. The van der Waals surface area contributed by atoms with Crippen LogP contribution in [-0.2, 0) is 0 Å². The van der Waals surface area contributed by atoms with E-state index < -0.39 is 0 Å². The van der Waals surface area contributed by atoms with Crippen LogP contribution in [0.1, 0.15) is 36.9 Å². The summed E-state index contributed by atoms with van der Waals surface area (Å²) in [6.45, 7) is 12.8. The van der Waals surface area contributed by atoms with Gasteiger partial charge in [0, 0.05) is 26.2 Å². The predicted octanol–water partition coefficient (Wildman–Crippen LogP) is 3.79. The smallest absolute Gasteiger partial charge is 0.0529 e. The molecule has 0 unspecified atom stereocenters. The van der Waals surface area contributed by atoms with Crippen LogP contribution in [0, 0.1) is 0 Å². The van der Waals surface area contributed by atoms with E-state index in [4.69, 9.17) is 0 Å². The fourth-order valence-electron chi connectivity index (χ4n) is 2.53. The van der Waals surface area contributed by atoms with E-state index in [2.05, 4.69) is 61.0 Å². The van der Waals surface area contributed by atoms with Crippen molar-refractivity contribution in [1.29, 1.82) is 0 Å². The van der Waals surface area contributed by atoms with E-state index in [1.807, 2.05) is 0 Å². The van der Waals surface area contributed by atoms with Gasteiger partial charge in [0.05, 0.1) is 6.04 Å². The van der Waals surface area contributed by atoms with Gasteiger partial charge in [0.1, 0.15) is 0 Å². The van der Waals surface area contributed by atoms with Crippen molar-refractivity contribution in [3.63, 3.8) is 0 Å². The van der Waals surface area contributed by atoms with Crippen LogP contribution < -0.4 is 5.32 Å². The maximum Gasteiger partial charge on any atom is 0.0529 e. The van der Waals surface area contributed by atoms with Crippen molar-refractivity contribution < 1.29 is 0 Å². The van der Waals surface area contributed by atoms with Crippen LogP contribution in [0.15, 0.2) is 36.9 Å². The molecule has 1 aliphatic heterocycles. The molecule has 2 nitrogen and oxygen atoms in total. The van der Waals surface area contributed by atoms with Crippen LogP contribution in [0.2, 0.25) is 0 Å². The number of halogens is 2. The van der Waals surface area contributed by atoms with Crippen molar-refractivity contribution in [2.75, 3.05) is 26.2 Å². The molecule has 0 saturated carbocycles. The molecule has 1 aliphatic rings. The topological polar surface area (TPSA) is 15.3 Å². The number of rotatable bonds is 4. The van der Waals surface area contributed by atoms with Gasteiger partial charge in [-0.3, -0.25) is 4.90 Å². The molecule has 1 heterocycles. The second-order valence-electron chi connectivity index (χ2n) is 5.29. The lowest BCUT2D eigenvalue weighted by Crippen LogP contribution is -2.44. The van der Waals surface area contributed by atoms with Crippen molar-refractivity contribution >= 4 is 24.8 Å². The Balaban J connectivity index is 0.00000180. The quantitative estimate of drug-likeness (QED) is 0.850. The number of hydrogen-bond donors (Lipinski definition) is 1. The van der Waals surface area contributed by atoms with E-state index in [1.165, 1.54) is 11.1 Å². The predicted molar refractivity (Wildman–Crippen MR) is 92.4 cm³/mol. The number of nitrogens with zero attached hydrogens (tertiary/aromatic N) is 1. The minimum Gasteiger partial charge on any atom is -0.314 e. The maximum absolute atomic E-state index is 4.01. The van der Waals surface area contributed by atoms with Gasteiger partial charge in [0.15, 0.2) is 0 Å². The Morgan fingerprint density at radius 1 is 1.05 bits per heavy atom. The highest BCUT2D eigenvalue weighted by Crippen LogP contribution is 2.24. The summed E-state index contributed by atoms with van der Waals surface area (Å²) >= 11 is 0. The summed E-state index contributed by atoms with van der Waals surface area (Å²) in [6.07, 6.45) is 2.07. The van der Waals surface area contributed by atoms with Crippen LogP contribution in [-0.4, -0.2) is 31.1 Å². The molecule has 2 rings (SSSR count). The standard InChI is InChI=1S/C16H24N2.2ClH/c1-4-16(18-11-9-17-10-12-18)15-7-5-14(6-8-15)13(2)3;;/h4-8,13,16-17H,1,9-12H2,2-3H3;2*1H/t16-;;/m1../s1. The molecule has 0 spiro atoms. The van der Waals surface area contributed by atoms with Crippen LogP contribution in [0.5, 0.6) is 0 Å². The number of hydrogen-bond acceptors (Lipinski definition) is 2. The second kappa shape index (κ2) is 9.41. The molecule has 1 saturated heterocycles. The molecule has 4 heteroatoms. The molecular formula is C16H26Cl2N2. The minimum absolute atomic E-state index is 0. The summed E-state index contributed by atoms with van der Waals surface area (Å²) in [5.41, 5.74) is 2.76. The third-order valence-electron chi connectivity index (χ3n) is 3.71. The molecule has 1 N–H and O–H groups in total. The number of benzene rings is 1. The summed E-state index contributed by atoms with van der Waals surface area (Å²) in [5.74, 6) is 0.598. The molecule has 20 heavy (non-hydrogen) atoms. The fourth-order valence-corrected chi connectivity index (χ4v) is 2.53. The monoisotopic (exact) mass is 316 g/mol. The van der Waals surface area contributed by atoms with Crippen LogP contribution in [0.25, 0.3) is 0 Å². The molecule has 1 atom stereocenters. The zero-order valence-electron chi connectivity index (χ0n) is 12.3. The average molecular weight is 317 g/mol. The Labute approximate surface area is 135 Å². The zero-order valence-corrected chi connectivity index (χ0v) is 14.0. The third-order valence-corrected chi connectivity index (χ3v) is 3.71. The molecule has 1 fully saturated rings. The van der Waals surface area contributed by atoms with Crippen LogP contribution >= 0.6 is 24.8 Å². The molecule has 1 aromatic carbocycles. The van der Waals surface area contributed by atoms with Crippen molar-refractivity contribution in [3.05, 3.63) is 48.0 Å². The third kappa shape index (κ3) is 4.78. The second-order valence-corrected chi connectivity index (χ2v) is 5.29. The fraction of sp³-hybridized carbons (Fsp3) is 0.500. The lowest BCUT2D eigenvalue weighted by atomic mass is 9.98. The average Bonchev–Trinajstić information content (AvgIpc) is 2.41. The molecule has 114 valence electrons. The van der Waals surface area contributed by atoms with Crippen molar-refractivity contribution in [2.45, 2.75) is 25.8 Å². The van der Waals surface area contributed by atoms with E-state index in [0.29, 0.717) is 12.0 Å². The Morgan fingerprint density at radius 3 is 2.00 bits per heavy atom. The first-order valence-corrected chi connectivity index (χ1v) is 6.89. The molecule has 0 bridgehead atoms. The summed E-state index contributed by atoms with van der Waals surface area (Å²) in [6, 6.07) is 9.36. The first kappa shape index (κ1) is 19.5. The van der Waals surface area contributed by atoms with Crippen molar-refractivity contribution in [2.24, 2.45) is 0 Å². The molecule has 1 aromatic rings. The van der Waals surface area contributed by atoms with Crippen LogP contribution in [0.3, 0.4) is 0 Å². The van der Waals surface area contributed by atoms with Gasteiger partial charge < -0.3 is 5.32 Å². The van der Waals surface area contributed by atoms with Crippen LogP contribution in [0.4, 0.5) is 0 Å². The Hall–Kier alpha value is -0.540. The molecule has 0 aliphatic carbocycles. The Kier molecular flexibility index (Phi) is 9.15. The van der Waals surface area contributed by atoms with E-state index in [9.17, 15) is 0 Å². The van der Waals surface area contributed by atoms with Gasteiger partial charge in [-0.2, -0.15) is 0 Å². The molecule has 0 aromatic heterocycles. The molecule has 0 amide bonds. The van der Waals surface area contributed by atoms with Gasteiger partial charge in [-0.25, -0.2) is 0 Å². The van der Waals surface area contributed by atoms with Gasteiger partial charge in [0.25, 0.3) is 0 Å². The van der Waals surface area contributed by atoms with Crippen molar-refractivity contribution in [3.8, 4) is 0 Å². The van der Waals surface area contributed by atoms with E-state index in [-0.39, 0.29) is 24.8 Å². The van der Waals surface area contributed by atoms with E-state index in [1.54, 1.807) is 0 Å². The summed E-state index contributed by atoms with van der Waals surface area (Å²) in [5, 5.41) is 3.39. The maximum atomic E-state index is 4.01.